The fourth-order valence-corrected chi connectivity index (χ4v) is 2.23. The molecule has 2 amide bonds. The highest BCUT2D eigenvalue weighted by Gasteiger charge is 2.23. The topological polar surface area (TPSA) is 62.3 Å². The Kier molecular flexibility index (Phi) is 5.95. The van der Waals surface area contributed by atoms with E-state index in [1.165, 1.54) is 11.3 Å². The molecule has 106 valence electrons. The van der Waals surface area contributed by atoms with Gasteiger partial charge in [0.2, 0.25) is 0 Å². The Morgan fingerprint density at radius 1 is 1.26 bits per heavy atom. The third-order valence-corrected chi connectivity index (χ3v) is 2.99. The minimum atomic E-state index is -0.615. The lowest BCUT2D eigenvalue weighted by Gasteiger charge is -2.25. The van der Waals surface area contributed by atoms with Crippen molar-refractivity contribution in [2.45, 2.75) is 27.7 Å². The summed E-state index contributed by atoms with van der Waals surface area (Å²) in [5, 5.41) is 4.73. The second-order valence-corrected chi connectivity index (χ2v) is 6.18. The monoisotopic (exact) mass is 283 g/mol. The first-order valence-electron chi connectivity index (χ1n) is 6.40. The molecule has 1 heterocycles. The van der Waals surface area contributed by atoms with Crippen LogP contribution in [0.2, 0.25) is 0 Å². The second kappa shape index (κ2) is 7.23. The molecule has 1 rings (SSSR count). The summed E-state index contributed by atoms with van der Waals surface area (Å²) >= 11 is 1.29. The standard InChI is InChI=1S/C13H21N3O2S/c1-9(2)7-16(8-10(3)4)12(18)11(17)15-13-14-5-6-19-13/h5-6,9-10H,7-8H2,1-4H3,(H,14,15,17). The number of nitrogens with one attached hydrogen (secondary N) is 1. The van der Waals surface area contributed by atoms with Crippen LogP contribution in [0, 0.1) is 11.8 Å². The van der Waals surface area contributed by atoms with Gasteiger partial charge < -0.3 is 4.90 Å². The van der Waals surface area contributed by atoms with Gasteiger partial charge in [-0.1, -0.05) is 27.7 Å². The molecule has 1 N–H and O–H groups in total. The van der Waals surface area contributed by atoms with Gasteiger partial charge in [-0.15, -0.1) is 11.3 Å². The fourth-order valence-electron chi connectivity index (χ4n) is 1.70. The van der Waals surface area contributed by atoms with E-state index in [0.717, 1.165) is 0 Å². The molecule has 1 aromatic rings. The second-order valence-electron chi connectivity index (χ2n) is 5.29. The summed E-state index contributed by atoms with van der Waals surface area (Å²) in [4.78, 5) is 29.6. The zero-order valence-corrected chi connectivity index (χ0v) is 12.7. The van der Waals surface area contributed by atoms with E-state index in [4.69, 9.17) is 0 Å². The molecule has 6 heteroatoms. The molecule has 0 saturated heterocycles. The van der Waals surface area contributed by atoms with Crippen LogP contribution < -0.4 is 5.32 Å². The van der Waals surface area contributed by atoms with E-state index >= 15 is 0 Å². The van der Waals surface area contributed by atoms with Gasteiger partial charge in [0.1, 0.15) is 0 Å². The van der Waals surface area contributed by atoms with Crippen molar-refractivity contribution in [1.29, 1.82) is 0 Å². The van der Waals surface area contributed by atoms with E-state index in [-0.39, 0.29) is 0 Å². The number of hydrogen-bond donors (Lipinski definition) is 1. The lowest BCUT2D eigenvalue weighted by atomic mass is 10.1. The minimum Gasteiger partial charge on any atom is -0.334 e. The van der Waals surface area contributed by atoms with Crippen LogP contribution in [0.15, 0.2) is 11.6 Å². The first kappa shape index (κ1) is 15.6. The van der Waals surface area contributed by atoms with Gasteiger partial charge in [-0.25, -0.2) is 4.98 Å². The highest BCUT2D eigenvalue weighted by Crippen LogP contribution is 2.11. The number of rotatable bonds is 5. The third kappa shape index (κ3) is 5.38. The van der Waals surface area contributed by atoms with Gasteiger partial charge in [0.05, 0.1) is 0 Å². The van der Waals surface area contributed by atoms with E-state index in [1.807, 2.05) is 27.7 Å². The molecular formula is C13H21N3O2S. The number of carbonyl (C=O) groups excluding carboxylic acids is 2. The van der Waals surface area contributed by atoms with E-state index in [9.17, 15) is 9.59 Å². The smallest absolute Gasteiger partial charge is 0.315 e. The molecule has 0 aliphatic heterocycles. The summed E-state index contributed by atoms with van der Waals surface area (Å²) in [7, 11) is 0. The van der Waals surface area contributed by atoms with Crippen molar-refractivity contribution in [3.63, 3.8) is 0 Å². The zero-order valence-electron chi connectivity index (χ0n) is 11.8. The summed E-state index contributed by atoms with van der Waals surface area (Å²) in [6.07, 6.45) is 1.59. The van der Waals surface area contributed by atoms with E-state index in [1.54, 1.807) is 16.5 Å². The first-order chi connectivity index (χ1) is 8.90. The maximum Gasteiger partial charge on any atom is 0.315 e. The number of carbonyl (C=O) groups is 2. The zero-order chi connectivity index (χ0) is 14.4. The molecule has 0 aromatic carbocycles. The molecule has 0 unspecified atom stereocenters. The Hall–Kier alpha value is -1.43. The predicted molar refractivity (Wildman–Crippen MR) is 77.0 cm³/mol. The maximum atomic E-state index is 12.1. The van der Waals surface area contributed by atoms with Gasteiger partial charge in [-0.05, 0) is 11.8 Å². The molecule has 0 radical (unpaired) electrons. The molecular weight excluding hydrogens is 262 g/mol. The van der Waals surface area contributed by atoms with Crippen molar-refractivity contribution in [2.75, 3.05) is 18.4 Å². The van der Waals surface area contributed by atoms with Gasteiger partial charge in [0.25, 0.3) is 0 Å². The number of amides is 2. The van der Waals surface area contributed by atoms with Crippen molar-refractivity contribution >= 4 is 28.3 Å². The van der Waals surface area contributed by atoms with Crippen LogP contribution in [0.25, 0.3) is 0 Å². The first-order valence-corrected chi connectivity index (χ1v) is 7.27. The molecule has 0 spiro atoms. The molecule has 0 bridgehead atoms. The summed E-state index contributed by atoms with van der Waals surface area (Å²) in [5.41, 5.74) is 0. The van der Waals surface area contributed by atoms with Crippen molar-refractivity contribution in [3.05, 3.63) is 11.6 Å². The average Bonchev–Trinajstić information content (AvgIpc) is 2.78. The van der Waals surface area contributed by atoms with Crippen LogP contribution in [-0.4, -0.2) is 34.8 Å². The van der Waals surface area contributed by atoms with Gasteiger partial charge in [-0.2, -0.15) is 0 Å². The SMILES string of the molecule is CC(C)CN(CC(C)C)C(=O)C(=O)Nc1nccs1. The normalized spacial score (nSPS) is 10.8. The lowest BCUT2D eigenvalue weighted by Crippen LogP contribution is -2.43. The van der Waals surface area contributed by atoms with Gasteiger partial charge >= 0.3 is 11.8 Å². The fraction of sp³-hybridized carbons (Fsp3) is 0.615. The molecule has 0 aliphatic rings. The summed E-state index contributed by atoms with van der Waals surface area (Å²) in [6.45, 7) is 9.28. The molecule has 5 nitrogen and oxygen atoms in total. The third-order valence-electron chi connectivity index (χ3n) is 2.31. The van der Waals surface area contributed by atoms with Crippen LogP contribution in [0.4, 0.5) is 5.13 Å². The maximum absolute atomic E-state index is 12.1. The van der Waals surface area contributed by atoms with Crippen molar-refractivity contribution in [1.82, 2.24) is 9.88 Å². The Labute approximate surface area is 118 Å². The summed E-state index contributed by atoms with van der Waals surface area (Å²) in [5.74, 6) is -0.445. The highest BCUT2D eigenvalue weighted by molar-refractivity contribution is 7.13. The Bertz CT molecular complexity index is 406. The number of nitrogens with zero attached hydrogens (tertiary/aromatic N) is 2. The highest BCUT2D eigenvalue weighted by atomic mass is 32.1. The Morgan fingerprint density at radius 2 is 1.84 bits per heavy atom. The Morgan fingerprint density at radius 3 is 2.26 bits per heavy atom. The van der Waals surface area contributed by atoms with E-state index < -0.39 is 11.8 Å². The molecule has 0 aliphatic carbocycles. The van der Waals surface area contributed by atoms with Crippen molar-refractivity contribution < 1.29 is 9.59 Å². The molecule has 19 heavy (non-hydrogen) atoms. The molecule has 1 aromatic heterocycles. The lowest BCUT2D eigenvalue weighted by molar-refractivity contribution is -0.143. The number of aromatic nitrogens is 1. The molecule has 0 atom stereocenters. The summed E-state index contributed by atoms with van der Waals surface area (Å²) in [6, 6.07) is 0. The van der Waals surface area contributed by atoms with Crippen LogP contribution >= 0.6 is 11.3 Å². The van der Waals surface area contributed by atoms with Gasteiger partial charge in [0.15, 0.2) is 5.13 Å². The molecule has 0 saturated carbocycles. The van der Waals surface area contributed by atoms with E-state index in [0.29, 0.717) is 30.1 Å². The Balaban J connectivity index is 2.66. The predicted octanol–water partition coefficient (Wildman–Crippen LogP) is 2.22. The van der Waals surface area contributed by atoms with E-state index in [2.05, 4.69) is 10.3 Å². The van der Waals surface area contributed by atoms with Crippen LogP contribution in [-0.2, 0) is 9.59 Å². The number of anilines is 1. The average molecular weight is 283 g/mol. The largest absolute Gasteiger partial charge is 0.334 e. The van der Waals surface area contributed by atoms with Crippen LogP contribution in [0.1, 0.15) is 27.7 Å². The van der Waals surface area contributed by atoms with Gasteiger partial charge in [0, 0.05) is 24.7 Å². The summed E-state index contributed by atoms with van der Waals surface area (Å²) < 4.78 is 0. The number of hydrogen-bond acceptors (Lipinski definition) is 4. The quantitative estimate of drug-likeness (QED) is 0.843. The van der Waals surface area contributed by atoms with Crippen LogP contribution in [0.3, 0.4) is 0 Å². The van der Waals surface area contributed by atoms with Gasteiger partial charge in [-0.3, -0.25) is 14.9 Å². The van der Waals surface area contributed by atoms with Crippen LogP contribution in [0.5, 0.6) is 0 Å². The van der Waals surface area contributed by atoms with Crippen molar-refractivity contribution in [3.8, 4) is 0 Å². The number of thiazole rings is 1. The molecule has 0 fully saturated rings. The minimum absolute atomic E-state index is 0.329. The van der Waals surface area contributed by atoms with Crippen molar-refractivity contribution in [2.24, 2.45) is 11.8 Å².